The number of rotatable bonds is 3. The Morgan fingerprint density at radius 2 is 1.92 bits per heavy atom. The van der Waals surface area contributed by atoms with Gasteiger partial charge in [0.05, 0.1) is 5.69 Å². The van der Waals surface area contributed by atoms with Gasteiger partial charge < -0.3 is 10.4 Å². The van der Waals surface area contributed by atoms with Crippen LogP contribution in [0.15, 0.2) is 24.3 Å². The van der Waals surface area contributed by atoms with E-state index in [1.165, 1.54) is 12.1 Å². The highest BCUT2D eigenvalue weighted by Gasteiger charge is 2.05. The minimum Gasteiger partial charge on any atom is -0.506 e. The SMILES string of the molecule is O=S(=O)(O)CNc1ccccc1O. The normalized spacial score (nSPS) is 11.2. The molecule has 0 aliphatic rings. The summed E-state index contributed by atoms with van der Waals surface area (Å²) in [6.07, 6.45) is 0. The second-order valence-electron chi connectivity index (χ2n) is 2.42. The number of nitrogens with one attached hydrogen (secondary N) is 1. The van der Waals surface area contributed by atoms with E-state index in [1.807, 2.05) is 0 Å². The van der Waals surface area contributed by atoms with Crippen molar-refractivity contribution in [3.05, 3.63) is 24.3 Å². The monoisotopic (exact) mass is 203 g/mol. The van der Waals surface area contributed by atoms with E-state index in [2.05, 4.69) is 5.32 Å². The molecule has 1 aromatic rings. The van der Waals surface area contributed by atoms with Crippen LogP contribution in [0.1, 0.15) is 0 Å². The number of para-hydroxylation sites is 2. The highest BCUT2D eigenvalue weighted by Crippen LogP contribution is 2.21. The summed E-state index contributed by atoms with van der Waals surface area (Å²) in [5.41, 5.74) is 0.264. The molecule has 0 fully saturated rings. The van der Waals surface area contributed by atoms with Crippen LogP contribution in [0.3, 0.4) is 0 Å². The van der Waals surface area contributed by atoms with E-state index in [0.717, 1.165) is 0 Å². The van der Waals surface area contributed by atoms with Crippen molar-refractivity contribution in [1.82, 2.24) is 0 Å². The molecule has 1 aromatic carbocycles. The van der Waals surface area contributed by atoms with Gasteiger partial charge >= 0.3 is 0 Å². The molecule has 0 amide bonds. The van der Waals surface area contributed by atoms with Crippen molar-refractivity contribution in [2.75, 3.05) is 11.2 Å². The summed E-state index contributed by atoms with van der Waals surface area (Å²) >= 11 is 0. The maximum Gasteiger partial charge on any atom is 0.283 e. The van der Waals surface area contributed by atoms with E-state index in [0.29, 0.717) is 0 Å². The Morgan fingerprint density at radius 3 is 2.46 bits per heavy atom. The van der Waals surface area contributed by atoms with Crippen LogP contribution in [0.4, 0.5) is 5.69 Å². The number of aromatic hydroxyl groups is 1. The molecule has 3 N–H and O–H groups in total. The van der Waals surface area contributed by atoms with Gasteiger partial charge in [-0.3, -0.25) is 4.55 Å². The molecule has 5 nitrogen and oxygen atoms in total. The van der Waals surface area contributed by atoms with Crippen molar-refractivity contribution < 1.29 is 18.1 Å². The zero-order valence-corrected chi connectivity index (χ0v) is 7.45. The number of benzene rings is 1. The van der Waals surface area contributed by atoms with Crippen LogP contribution in [0.2, 0.25) is 0 Å². The fourth-order valence-electron chi connectivity index (χ4n) is 0.792. The number of phenols is 1. The third-order valence-corrected chi connectivity index (χ3v) is 1.86. The van der Waals surface area contributed by atoms with Gasteiger partial charge in [0.2, 0.25) is 0 Å². The average molecular weight is 203 g/mol. The third kappa shape index (κ3) is 3.30. The van der Waals surface area contributed by atoms with Gasteiger partial charge in [-0.25, -0.2) is 0 Å². The van der Waals surface area contributed by atoms with E-state index in [4.69, 9.17) is 9.66 Å². The summed E-state index contributed by atoms with van der Waals surface area (Å²) in [5, 5.41) is 11.5. The zero-order valence-electron chi connectivity index (χ0n) is 6.64. The summed E-state index contributed by atoms with van der Waals surface area (Å²) in [7, 11) is -4.06. The Hall–Kier alpha value is -1.27. The molecule has 0 heterocycles. The van der Waals surface area contributed by atoms with Gasteiger partial charge in [-0.2, -0.15) is 8.42 Å². The highest BCUT2D eigenvalue weighted by molar-refractivity contribution is 7.85. The maximum absolute atomic E-state index is 10.3. The largest absolute Gasteiger partial charge is 0.506 e. The Balaban J connectivity index is 2.71. The Bertz CT molecular complexity index is 387. The van der Waals surface area contributed by atoms with Crippen LogP contribution >= 0.6 is 0 Å². The lowest BCUT2D eigenvalue weighted by Gasteiger charge is -2.05. The van der Waals surface area contributed by atoms with Crippen molar-refractivity contribution >= 4 is 15.8 Å². The molecule has 6 heteroatoms. The van der Waals surface area contributed by atoms with Crippen LogP contribution in [0, 0.1) is 0 Å². The lowest BCUT2D eigenvalue weighted by atomic mass is 10.3. The predicted octanol–water partition coefficient (Wildman–Crippen LogP) is 0.649. The Kier molecular flexibility index (Phi) is 2.74. The van der Waals surface area contributed by atoms with Gasteiger partial charge in [-0.05, 0) is 12.1 Å². The second kappa shape index (κ2) is 3.63. The number of hydrogen-bond donors (Lipinski definition) is 3. The summed E-state index contributed by atoms with van der Waals surface area (Å²) in [4.78, 5) is 0. The van der Waals surface area contributed by atoms with E-state index in [1.54, 1.807) is 12.1 Å². The molecule has 0 saturated carbocycles. The average Bonchev–Trinajstić information content (AvgIpc) is 2.01. The summed E-state index contributed by atoms with van der Waals surface area (Å²) in [6, 6.07) is 6.15. The summed E-state index contributed by atoms with van der Waals surface area (Å²) in [6.45, 7) is 0. The number of phenolic OH excluding ortho intramolecular Hbond substituents is 1. The quantitative estimate of drug-likeness (QED) is 0.496. The maximum atomic E-state index is 10.3. The van der Waals surface area contributed by atoms with Gasteiger partial charge in [-0.1, -0.05) is 12.1 Å². The minimum absolute atomic E-state index is 0.0637. The zero-order chi connectivity index (χ0) is 9.90. The van der Waals surface area contributed by atoms with Crippen LogP contribution in [0.5, 0.6) is 5.75 Å². The highest BCUT2D eigenvalue weighted by atomic mass is 32.2. The first kappa shape index (κ1) is 9.82. The molecule has 0 aromatic heterocycles. The minimum atomic E-state index is -4.06. The molecular formula is C7H9NO4S. The third-order valence-electron chi connectivity index (χ3n) is 1.35. The molecule has 0 radical (unpaired) electrons. The Morgan fingerprint density at radius 1 is 1.31 bits per heavy atom. The van der Waals surface area contributed by atoms with Gasteiger partial charge in [-0.15, -0.1) is 0 Å². The first-order chi connectivity index (χ1) is 5.99. The van der Waals surface area contributed by atoms with Crippen LogP contribution in [0.25, 0.3) is 0 Å². The van der Waals surface area contributed by atoms with Crippen molar-refractivity contribution in [1.29, 1.82) is 0 Å². The molecule has 0 spiro atoms. The van der Waals surface area contributed by atoms with E-state index in [-0.39, 0.29) is 11.4 Å². The second-order valence-corrected chi connectivity index (χ2v) is 3.87. The van der Waals surface area contributed by atoms with E-state index in [9.17, 15) is 8.42 Å². The van der Waals surface area contributed by atoms with Crippen LogP contribution in [-0.2, 0) is 10.1 Å². The van der Waals surface area contributed by atoms with Crippen molar-refractivity contribution in [3.8, 4) is 5.75 Å². The van der Waals surface area contributed by atoms with Crippen molar-refractivity contribution in [2.45, 2.75) is 0 Å². The Labute approximate surface area is 75.8 Å². The van der Waals surface area contributed by atoms with Gasteiger partial charge in [0.1, 0.15) is 11.6 Å². The fraction of sp³-hybridized carbons (Fsp3) is 0.143. The first-order valence-electron chi connectivity index (χ1n) is 3.46. The summed E-state index contributed by atoms with van der Waals surface area (Å²) in [5.74, 6) is -0.684. The van der Waals surface area contributed by atoms with Crippen LogP contribution < -0.4 is 5.32 Å². The number of hydrogen-bond acceptors (Lipinski definition) is 4. The van der Waals surface area contributed by atoms with Gasteiger partial charge in [0.15, 0.2) is 0 Å². The van der Waals surface area contributed by atoms with Crippen LogP contribution in [-0.4, -0.2) is 24.0 Å². The molecule has 72 valence electrons. The van der Waals surface area contributed by atoms with Crippen molar-refractivity contribution in [2.24, 2.45) is 0 Å². The standard InChI is InChI=1S/C7H9NO4S/c9-7-4-2-1-3-6(7)8-5-13(10,11)12/h1-4,8-9H,5H2,(H,10,11,12). The smallest absolute Gasteiger partial charge is 0.283 e. The molecule has 0 saturated heterocycles. The predicted molar refractivity (Wildman–Crippen MR) is 48.1 cm³/mol. The van der Waals surface area contributed by atoms with E-state index >= 15 is 0 Å². The molecule has 1 rings (SSSR count). The first-order valence-corrected chi connectivity index (χ1v) is 5.07. The number of anilines is 1. The molecule has 0 aliphatic carbocycles. The molecule has 0 bridgehead atoms. The molecule has 0 aliphatic heterocycles. The van der Waals surface area contributed by atoms with Crippen molar-refractivity contribution in [3.63, 3.8) is 0 Å². The molecular weight excluding hydrogens is 194 g/mol. The lowest BCUT2D eigenvalue weighted by Crippen LogP contribution is -2.12. The lowest BCUT2D eigenvalue weighted by molar-refractivity contribution is 0.476. The molecule has 0 unspecified atom stereocenters. The summed E-state index contributed by atoms with van der Waals surface area (Å²) < 4.78 is 29.1. The van der Waals surface area contributed by atoms with E-state index < -0.39 is 16.0 Å². The topological polar surface area (TPSA) is 86.6 Å². The van der Waals surface area contributed by atoms with Gasteiger partial charge in [0.25, 0.3) is 10.1 Å². The fourth-order valence-corrected chi connectivity index (χ4v) is 1.13. The van der Waals surface area contributed by atoms with Gasteiger partial charge in [0, 0.05) is 0 Å². The molecule has 0 atom stereocenters. The molecule has 13 heavy (non-hydrogen) atoms.